The van der Waals surface area contributed by atoms with Gasteiger partial charge in [-0.15, -0.1) is 0 Å². The Morgan fingerprint density at radius 3 is 2.47 bits per heavy atom. The number of hydrogen-bond acceptors (Lipinski definition) is 5. The number of amides is 2. The Balaban J connectivity index is 3.03. The van der Waals surface area contributed by atoms with Crippen LogP contribution in [0, 0.1) is 5.41 Å². The summed E-state index contributed by atoms with van der Waals surface area (Å²) < 4.78 is 0. The third-order valence-electron chi connectivity index (χ3n) is 3.04. The molecule has 2 atom stereocenters. The van der Waals surface area contributed by atoms with E-state index in [-0.39, 0.29) is 35.8 Å². The number of hydrogen-bond donors (Lipinski definition) is 1. The van der Waals surface area contributed by atoms with Crippen LogP contribution in [0.4, 0.5) is 0 Å². The van der Waals surface area contributed by atoms with Crippen molar-refractivity contribution in [2.75, 3.05) is 6.54 Å². The van der Waals surface area contributed by atoms with Crippen molar-refractivity contribution >= 4 is 47.7 Å². The van der Waals surface area contributed by atoms with Gasteiger partial charge in [0.05, 0.1) is 6.04 Å². The van der Waals surface area contributed by atoms with Gasteiger partial charge in [-0.25, -0.2) is 0 Å². The van der Waals surface area contributed by atoms with Gasteiger partial charge in [0.15, 0.2) is 5.78 Å². The van der Waals surface area contributed by atoms with Crippen LogP contribution in [0.3, 0.4) is 0 Å². The number of rotatable bonds is 5. The van der Waals surface area contributed by atoms with Crippen molar-refractivity contribution in [3.8, 4) is 0 Å². The van der Waals surface area contributed by atoms with Gasteiger partial charge in [-0.05, 0) is 34.2 Å². The molecule has 7 heteroatoms. The molecule has 1 rings (SSSR count). The molecule has 0 saturated carbocycles. The lowest BCUT2D eigenvalue weighted by atomic mass is 9.84. The second-order valence-corrected chi connectivity index (χ2v) is 7.86. The van der Waals surface area contributed by atoms with Crippen LogP contribution in [0.2, 0.25) is 0 Å². The minimum atomic E-state index is -0.724. The molecule has 0 radical (unpaired) electrons. The number of imide groups is 1. The molecule has 2 unspecified atom stereocenters. The number of ketones is 1. The fourth-order valence-corrected chi connectivity index (χ4v) is 3.64. The first-order valence-corrected chi connectivity index (χ1v) is 9.54. The lowest BCUT2D eigenvalue weighted by Gasteiger charge is -2.30. The number of carbonyl (C=O) groups is 3. The fraction of sp³-hybridized carbons (Fsp3) is 0.750. The quantitative estimate of drug-likeness (QED) is 0.561. The number of halogens is 1. The van der Waals surface area contributed by atoms with Gasteiger partial charge >= 0.3 is 0 Å². The number of carbonyl (C=O) groups excluding carboxylic acids is 3. The van der Waals surface area contributed by atoms with Gasteiger partial charge in [0, 0.05) is 11.8 Å². The van der Waals surface area contributed by atoms with Gasteiger partial charge in [-0.1, -0.05) is 29.7 Å². The summed E-state index contributed by atoms with van der Waals surface area (Å²) in [6.45, 7) is 5.63. The second-order valence-electron chi connectivity index (χ2n) is 5.59. The number of nitrogens with two attached hydrogens (primary N) is 1. The minimum absolute atomic E-state index is 0.112. The molecule has 1 fully saturated rings. The van der Waals surface area contributed by atoms with Crippen LogP contribution in [0.25, 0.3) is 0 Å². The maximum Gasteiger partial charge on any atom is 0.244 e. The summed E-state index contributed by atoms with van der Waals surface area (Å²) in [4.78, 5) is 37.7. The first kappa shape index (κ1) is 16.9. The summed E-state index contributed by atoms with van der Waals surface area (Å²) in [7, 11) is 1.32. The molecule has 2 amide bonds. The van der Waals surface area contributed by atoms with E-state index in [2.05, 4.69) is 0 Å². The zero-order valence-electron chi connectivity index (χ0n) is 11.3. The van der Waals surface area contributed by atoms with Crippen molar-refractivity contribution in [1.29, 1.82) is 0 Å². The van der Waals surface area contributed by atoms with E-state index in [0.717, 1.165) is 4.90 Å². The lowest BCUT2D eigenvalue weighted by Crippen LogP contribution is -2.49. The van der Waals surface area contributed by atoms with E-state index in [1.54, 1.807) is 20.8 Å². The molecule has 0 bridgehead atoms. The topological polar surface area (TPSA) is 80.5 Å². The molecule has 19 heavy (non-hydrogen) atoms. The normalized spacial score (nSPS) is 21.9. The Morgan fingerprint density at radius 1 is 1.53 bits per heavy atom. The number of likely N-dealkylation sites (tertiary alicyclic amines) is 1. The third-order valence-corrected chi connectivity index (χ3v) is 5.47. The molecule has 2 N–H and O–H groups in total. The van der Waals surface area contributed by atoms with Crippen LogP contribution in [0.1, 0.15) is 33.6 Å². The molecule has 1 heterocycles. The lowest BCUT2D eigenvalue weighted by molar-refractivity contribution is -0.148. The molecular weight excluding hydrogens is 379 g/mol. The van der Waals surface area contributed by atoms with Gasteiger partial charge in [0.2, 0.25) is 11.8 Å². The van der Waals surface area contributed by atoms with E-state index in [0.29, 0.717) is 6.42 Å². The van der Waals surface area contributed by atoms with Crippen molar-refractivity contribution in [3.05, 3.63) is 0 Å². The van der Waals surface area contributed by atoms with E-state index in [4.69, 9.17) is 5.73 Å². The molecule has 0 spiro atoms. The highest BCUT2D eigenvalue weighted by atomic mass is 127. The highest BCUT2D eigenvalue weighted by Crippen LogP contribution is 2.33. The van der Waals surface area contributed by atoms with Crippen LogP contribution in [-0.2, 0) is 14.4 Å². The maximum absolute atomic E-state index is 12.4. The summed E-state index contributed by atoms with van der Waals surface area (Å²) in [5.74, 6) is -0.644. The third kappa shape index (κ3) is 3.69. The Bertz CT molecular complexity index is 395. The second kappa shape index (κ2) is 6.53. The largest absolute Gasteiger partial charge is 0.330 e. The van der Waals surface area contributed by atoms with Gasteiger partial charge in [-0.3, -0.25) is 19.3 Å². The Morgan fingerprint density at radius 2 is 2.11 bits per heavy atom. The van der Waals surface area contributed by atoms with E-state index < -0.39 is 11.5 Å². The van der Waals surface area contributed by atoms with Crippen LogP contribution >= 0.6 is 30.1 Å². The van der Waals surface area contributed by atoms with Gasteiger partial charge in [0.25, 0.3) is 0 Å². The first-order valence-electron chi connectivity index (χ1n) is 6.11. The molecule has 0 aromatic carbocycles. The van der Waals surface area contributed by atoms with Crippen LogP contribution in [-0.4, -0.2) is 40.3 Å². The van der Waals surface area contributed by atoms with E-state index in [1.807, 2.05) is 21.2 Å². The van der Waals surface area contributed by atoms with Crippen molar-refractivity contribution < 1.29 is 14.4 Å². The SMILES string of the molecule is CC(C)(C)C(=O)C(CCN)N1C(=O)CC(SI)C1=O. The van der Waals surface area contributed by atoms with Gasteiger partial charge in [0.1, 0.15) is 5.25 Å². The van der Waals surface area contributed by atoms with Crippen LogP contribution in [0.15, 0.2) is 0 Å². The number of nitrogens with zero attached hydrogens (tertiary/aromatic N) is 1. The number of Topliss-reactive ketones (excluding diaryl/α,β-unsaturated/α-hetero) is 1. The Labute approximate surface area is 129 Å². The zero-order chi connectivity index (χ0) is 14.8. The van der Waals surface area contributed by atoms with Gasteiger partial charge in [-0.2, -0.15) is 0 Å². The average Bonchev–Trinajstić information content (AvgIpc) is 2.60. The van der Waals surface area contributed by atoms with Gasteiger partial charge < -0.3 is 5.73 Å². The fourth-order valence-electron chi connectivity index (χ4n) is 2.05. The predicted molar refractivity (Wildman–Crippen MR) is 83.8 cm³/mol. The maximum atomic E-state index is 12.4. The zero-order valence-corrected chi connectivity index (χ0v) is 14.3. The molecule has 1 aliphatic rings. The molecule has 0 aromatic heterocycles. The van der Waals surface area contributed by atoms with Crippen molar-refractivity contribution in [3.63, 3.8) is 0 Å². The Hall–Kier alpha value is -0.150. The highest BCUT2D eigenvalue weighted by Gasteiger charge is 2.46. The van der Waals surface area contributed by atoms with E-state index in [1.165, 1.54) is 8.93 Å². The molecule has 0 aliphatic carbocycles. The summed E-state index contributed by atoms with van der Waals surface area (Å²) in [6, 6.07) is -0.724. The van der Waals surface area contributed by atoms with Crippen molar-refractivity contribution in [1.82, 2.24) is 4.90 Å². The van der Waals surface area contributed by atoms with Crippen molar-refractivity contribution in [2.45, 2.75) is 44.9 Å². The molecule has 108 valence electrons. The minimum Gasteiger partial charge on any atom is -0.330 e. The standard InChI is InChI=1S/C12H19IN2O3S/c1-12(2,3)10(17)7(4-5-14)15-9(16)6-8(19-13)11(15)18/h7-8H,4-6,14H2,1-3H3. The summed E-state index contributed by atoms with van der Waals surface area (Å²) >= 11 is 2.01. The molecule has 0 aromatic rings. The predicted octanol–water partition coefficient (Wildman–Crippen LogP) is 1.53. The molecule has 1 aliphatic heterocycles. The van der Waals surface area contributed by atoms with E-state index in [9.17, 15) is 14.4 Å². The average molecular weight is 398 g/mol. The molecule has 5 nitrogen and oxygen atoms in total. The van der Waals surface area contributed by atoms with Crippen molar-refractivity contribution in [2.24, 2.45) is 11.1 Å². The van der Waals surface area contributed by atoms with E-state index >= 15 is 0 Å². The monoisotopic (exact) mass is 398 g/mol. The summed E-state index contributed by atoms with van der Waals surface area (Å²) in [5.41, 5.74) is 4.93. The highest BCUT2D eigenvalue weighted by molar-refractivity contribution is 14.2. The smallest absolute Gasteiger partial charge is 0.244 e. The molecular formula is C12H19IN2O3S. The first-order chi connectivity index (χ1) is 8.73. The van der Waals surface area contributed by atoms with Crippen LogP contribution < -0.4 is 5.73 Å². The summed E-state index contributed by atoms with van der Waals surface area (Å²) in [6.07, 6.45) is 0.497. The van der Waals surface area contributed by atoms with Crippen LogP contribution in [0.5, 0.6) is 0 Å². The molecule has 1 saturated heterocycles. The Kier molecular flexibility index (Phi) is 5.81. The summed E-state index contributed by atoms with van der Waals surface area (Å²) in [5, 5.41) is -0.374.